The molecule has 0 aliphatic carbocycles. The van der Waals surface area contributed by atoms with E-state index in [1.54, 1.807) is 30.3 Å². The Morgan fingerprint density at radius 3 is 2.25 bits per heavy atom. The first-order valence-electron chi connectivity index (χ1n) is 3.39. The van der Waals surface area contributed by atoms with E-state index in [0.717, 1.165) is 6.08 Å². The highest BCUT2D eigenvalue weighted by Gasteiger charge is 1.98. The highest BCUT2D eigenvalue weighted by molar-refractivity contribution is 5.87. The van der Waals surface area contributed by atoms with Crippen molar-refractivity contribution >= 4 is 11.7 Å². The number of carbonyl (C=O) groups is 1. The maximum Gasteiger partial charge on any atom is 0.332 e. The minimum Gasteiger partial charge on any atom is -0.507 e. The molecule has 0 heterocycles. The van der Waals surface area contributed by atoms with Gasteiger partial charge in [0, 0.05) is 5.56 Å². The van der Waals surface area contributed by atoms with Crippen molar-refractivity contribution in [1.29, 1.82) is 0 Å². The molecule has 62 valence electrons. The number of hydrogen-bond acceptors (Lipinski definition) is 2. The van der Waals surface area contributed by atoms with Crippen molar-refractivity contribution < 1.29 is 15.0 Å². The molecule has 0 aromatic heterocycles. The Kier molecular flexibility index (Phi) is 2.48. The Bertz CT molecular complexity index is 301. The summed E-state index contributed by atoms with van der Waals surface area (Å²) < 4.78 is 0. The van der Waals surface area contributed by atoms with Gasteiger partial charge in [-0.2, -0.15) is 0 Å². The molecule has 0 saturated heterocycles. The first-order valence-corrected chi connectivity index (χ1v) is 3.39. The maximum absolute atomic E-state index is 10.1. The molecule has 2 N–H and O–H groups in total. The number of aliphatic hydroxyl groups excluding tert-OH is 1. The van der Waals surface area contributed by atoms with Gasteiger partial charge < -0.3 is 10.2 Å². The second kappa shape index (κ2) is 3.57. The van der Waals surface area contributed by atoms with Crippen molar-refractivity contribution in [3.63, 3.8) is 0 Å². The van der Waals surface area contributed by atoms with E-state index in [1.165, 1.54) is 0 Å². The number of carboxylic acid groups (broad SMARTS) is 1. The smallest absolute Gasteiger partial charge is 0.332 e. The molecule has 1 rings (SSSR count). The van der Waals surface area contributed by atoms with Crippen LogP contribution in [0, 0.1) is 0 Å². The summed E-state index contributed by atoms with van der Waals surface area (Å²) in [5, 5.41) is 17.5. The third-order valence-corrected chi connectivity index (χ3v) is 1.33. The summed E-state index contributed by atoms with van der Waals surface area (Å²) in [4.78, 5) is 10.1. The second-order valence-corrected chi connectivity index (χ2v) is 2.23. The maximum atomic E-state index is 10.1. The average molecular weight is 164 g/mol. The van der Waals surface area contributed by atoms with Gasteiger partial charge in [-0.05, 0) is 0 Å². The fourth-order valence-electron chi connectivity index (χ4n) is 0.809. The van der Waals surface area contributed by atoms with Gasteiger partial charge in [-0.25, -0.2) is 4.79 Å². The summed E-state index contributed by atoms with van der Waals surface area (Å²) in [6.45, 7) is 0. The van der Waals surface area contributed by atoms with Crippen LogP contribution >= 0.6 is 0 Å². The lowest BCUT2D eigenvalue weighted by atomic mass is 10.2. The first-order chi connectivity index (χ1) is 5.70. The van der Waals surface area contributed by atoms with E-state index in [1.807, 2.05) is 0 Å². The number of aliphatic hydroxyl groups is 1. The molecule has 0 atom stereocenters. The van der Waals surface area contributed by atoms with Gasteiger partial charge in [-0.1, -0.05) is 30.3 Å². The van der Waals surface area contributed by atoms with E-state index in [-0.39, 0.29) is 5.76 Å². The average Bonchev–Trinajstić information content (AvgIpc) is 2.05. The topological polar surface area (TPSA) is 57.5 Å². The van der Waals surface area contributed by atoms with E-state index < -0.39 is 5.97 Å². The predicted molar refractivity (Wildman–Crippen MR) is 44.7 cm³/mol. The molecule has 1 aromatic rings. The third-order valence-electron chi connectivity index (χ3n) is 1.33. The van der Waals surface area contributed by atoms with Crippen LogP contribution in [-0.4, -0.2) is 16.2 Å². The summed E-state index contributed by atoms with van der Waals surface area (Å²) in [6, 6.07) is 8.50. The summed E-state index contributed by atoms with van der Waals surface area (Å²) in [7, 11) is 0. The van der Waals surface area contributed by atoms with E-state index >= 15 is 0 Å². The standard InChI is InChI=1S/C9H8O3/c10-8(6-9(11)12)7-4-2-1-3-5-7/h1-6,10H,(H,11,12)/b8-6+. The normalized spacial score (nSPS) is 11.2. The summed E-state index contributed by atoms with van der Waals surface area (Å²) in [6.07, 6.45) is 0.759. The molecule has 12 heavy (non-hydrogen) atoms. The van der Waals surface area contributed by atoms with Gasteiger partial charge in [-0.15, -0.1) is 0 Å². The largest absolute Gasteiger partial charge is 0.507 e. The van der Waals surface area contributed by atoms with Crippen molar-refractivity contribution in [2.24, 2.45) is 0 Å². The zero-order chi connectivity index (χ0) is 8.97. The highest BCUT2D eigenvalue weighted by atomic mass is 16.4. The van der Waals surface area contributed by atoms with Crippen LogP contribution in [0.5, 0.6) is 0 Å². The molecule has 0 fully saturated rings. The van der Waals surface area contributed by atoms with Gasteiger partial charge in [0.2, 0.25) is 0 Å². The van der Waals surface area contributed by atoms with Crippen molar-refractivity contribution in [1.82, 2.24) is 0 Å². The van der Waals surface area contributed by atoms with Crippen LogP contribution in [0.25, 0.3) is 5.76 Å². The third kappa shape index (κ3) is 2.12. The van der Waals surface area contributed by atoms with E-state index in [2.05, 4.69) is 0 Å². The van der Waals surface area contributed by atoms with E-state index in [0.29, 0.717) is 5.56 Å². The zero-order valence-electron chi connectivity index (χ0n) is 6.27. The van der Waals surface area contributed by atoms with Gasteiger partial charge in [0.15, 0.2) is 0 Å². The molecule has 0 amide bonds. The summed E-state index contributed by atoms with van der Waals surface area (Å²) in [5.41, 5.74) is 0.500. The Hall–Kier alpha value is -1.77. The Morgan fingerprint density at radius 2 is 1.75 bits per heavy atom. The molecule has 0 bridgehead atoms. The van der Waals surface area contributed by atoms with Crippen LogP contribution in [0.4, 0.5) is 0 Å². The quantitative estimate of drug-likeness (QED) is 0.516. The lowest BCUT2D eigenvalue weighted by Crippen LogP contribution is -1.91. The molecule has 0 aliphatic rings. The molecule has 3 heteroatoms. The summed E-state index contributed by atoms with van der Waals surface area (Å²) >= 11 is 0. The zero-order valence-corrected chi connectivity index (χ0v) is 6.27. The Balaban J connectivity index is 2.93. The van der Waals surface area contributed by atoms with Crippen LogP contribution in [0.2, 0.25) is 0 Å². The van der Waals surface area contributed by atoms with Crippen molar-refractivity contribution in [2.45, 2.75) is 0 Å². The monoisotopic (exact) mass is 164 g/mol. The van der Waals surface area contributed by atoms with Crippen LogP contribution in [0.1, 0.15) is 5.56 Å². The second-order valence-electron chi connectivity index (χ2n) is 2.23. The number of benzene rings is 1. The summed E-state index contributed by atoms with van der Waals surface area (Å²) in [5.74, 6) is -1.39. The molecular formula is C9H8O3. The van der Waals surface area contributed by atoms with Gasteiger partial charge in [0.05, 0.1) is 6.08 Å². The van der Waals surface area contributed by atoms with Gasteiger partial charge >= 0.3 is 5.97 Å². The minimum absolute atomic E-state index is 0.233. The molecule has 0 radical (unpaired) electrons. The van der Waals surface area contributed by atoms with E-state index in [4.69, 9.17) is 5.11 Å². The Labute approximate surface area is 69.6 Å². The molecule has 0 aliphatic heterocycles. The van der Waals surface area contributed by atoms with Crippen LogP contribution in [-0.2, 0) is 4.79 Å². The number of carboxylic acids is 1. The molecule has 0 unspecified atom stereocenters. The molecule has 0 spiro atoms. The van der Waals surface area contributed by atoms with Crippen molar-refractivity contribution in [3.05, 3.63) is 42.0 Å². The van der Waals surface area contributed by atoms with E-state index in [9.17, 15) is 9.90 Å². The minimum atomic E-state index is -1.16. The number of aliphatic carboxylic acids is 1. The van der Waals surface area contributed by atoms with Gasteiger partial charge in [-0.3, -0.25) is 0 Å². The molecule has 3 nitrogen and oxygen atoms in total. The molecule has 1 aromatic carbocycles. The first kappa shape index (κ1) is 8.33. The van der Waals surface area contributed by atoms with Gasteiger partial charge in [0.1, 0.15) is 5.76 Å². The van der Waals surface area contributed by atoms with Gasteiger partial charge in [0.25, 0.3) is 0 Å². The fraction of sp³-hybridized carbons (Fsp3) is 0. The van der Waals surface area contributed by atoms with Crippen LogP contribution < -0.4 is 0 Å². The molecular weight excluding hydrogens is 156 g/mol. The number of rotatable bonds is 2. The number of hydrogen-bond donors (Lipinski definition) is 2. The Morgan fingerprint density at radius 1 is 1.17 bits per heavy atom. The van der Waals surface area contributed by atoms with Crippen molar-refractivity contribution in [2.75, 3.05) is 0 Å². The lowest BCUT2D eigenvalue weighted by Gasteiger charge is -1.96. The SMILES string of the molecule is O=C(O)/C=C(/O)c1ccccc1. The molecule has 0 saturated carbocycles. The van der Waals surface area contributed by atoms with Crippen LogP contribution in [0.3, 0.4) is 0 Å². The highest BCUT2D eigenvalue weighted by Crippen LogP contribution is 2.09. The van der Waals surface area contributed by atoms with Crippen LogP contribution in [0.15, 0.2) is 36.4 Å². The van der Waals surface area contributed by atoms with Crippen molar-refractivity contribution in [3.8, 4) is 0 Å². The lowest BCUT2D eigenvalue weighted by molar-refractivity contribution is -0.131. The predicted octanol–water partition coefficient (Wildman–Crippen LogP) is 1.67. The fourth-order valence-corrected chi connectivity index (χ4v) is 0.809.